The summed E-state index contributed by atoms with van der Waals surface area (Å²) in [7, 11) is -0.508. The fourth-order valence-electron chi connectivity index (χ4n) is 2.85. The summed E-state index contributed by atoms with van der Waals surface area (Å²) in [6.45, 7) is 2.51. The van der Waals surface area contributed by atoms with E-state index in [0.29, 0.717) is 12.1 Å². The highest BCUT2D eigenvalue weighted by molar-refractivity contribution is 7.89. The lowest BCUT2D eigenvalue weighted by Crippen LogP contribution is -2.37. The maximum absolute atomic E-state index is 12.4. The third-order valence-electron chi connectivity index (χ3n) is 4.27. The molecule has 0 aliphatic carbocycles. The van der Waals surface area contributed by atoms with Crippen molar-refractivity contribution in [1.29, 1.82) is 0 Å². The van der Waals surface area contributed by atoms with Crippen molar-refractivity contribution in [3.05, 3.63) is 29.8 Å². The van der Waals surface area contributed by atoms with E-state index in [2.05, 4.69) is 10.2 Å². The molecule has 6 nitrogen and oxygen atoms in total. The van der Waals surface area contributed by atoms with Crippen LogP contribution < -0.4 is 5.32 Å². The molecule has 24 heavy (non-hydrogen) atoms. The van der Waals surface area contributed by atoms with Crippen LogP contribution in [0.5, 0.6) is 0 Å². The summed E-state index contributed by atoms with van der Waals surface area (Å²) in [6.07, 6.45) is 4.73. The molecule has 134 valence electrons. The topological polar surface area (TPSA) is 69.7 Å². The van der Waals surface area contributed by atoms with Gasteiger partial charge in [-0.05, 0) is 37.6 Å². The number of sulfonamides is 1. The van der Waals surface area contributed by atoms with Gasteiger partial charge >= 0.3 is 0 Å². The smallest absolute Gasteiger partial charge is 0.242 e. The lowest BCUT2D eigenvalue weighted by molar-refractivity contribution is -0.122. The van der Waals surface area contributed by atoms with Crippen LogP contribution in [-0.2, 0) is 21.4 Å². The Morgan fingerprint density at radius 2 is 1.75 bits per heavy atom. The van der Waals surface area contributed by atoms with Crippen molar-refractivity contribution in [2.75, 3.05) is 33.7 Å². The van der Waals surface area contributed by atoms with Crippen LogP contribution >= 0.6 is 0 Å². The molecule has 0 spiro atoms. The number of hydrogen-bond acceptors (Lipinski definition) is 4. The summed E-state index contributed by atoms with van der Waals surface area (Å²) in [5.74, 6) is -0.0612. The van der Waals surface area contributed by atoms with Crippen LogP contribution in [0.15, 0.2) is 29.2 Å². The van der Waals surface area contributed by atoms with Gasteiger partial charge in [0.25, 0.3) is 0 Å². The lowest BCUT2D eigenvalue weighted by Gasteiger charge is -2.19. The summed E-state index contributed by atoms with van der Waals surface area (Å²) in [6, 6.07) is 6.79. The monoisotopic (exact) mass is 353 g/mol. The Balaban J connectivity index is 1.98. The van der Waals surface area contributed by atoms with Gasteiger partial charge < -0.3 is 5.32 Å². The molecule has 2 rings (SSSR count). The number of nitrogens with zero attached hydrogens (tertiary/aromatic N) is 2. The fourth-order valence-corrected chi connectivity index (χ4v) is 3.96. The van der Waals surface area contributed by atoms with Crippen LogP contribution in [0, 0.1) is 0 Å². The van der Waals surface area contributed by atoms with Crippen molar-refractivity contribution in [3.8, 4) is 0 Å². The van der Waals surface area contributed by atoms with E-state index in [-0.39, 0.29) is 17.3 Å². The second kappa shape index (κ2) is 8.60. The summed E-state index contributed by atoms with van der Waals surface area (Å²) in [5.41, 5.74) is 0.607. The molecule has 1 heterocycles. The molecule has 7 heteroatoms. The van der Waals surface area contributed by atoms with E-state index < -0.39 is 10.0 Å². The van der Waals surface area contributed by atoms with E-state index >= 15 is 0 Å². The Hall–Kier alpha value is -1.44. The molecule has 1 fully saturated rings. The van der Waals surface area contributed by atoms with Crippen LogP contribution in [0.1, 0.15) is 31.2 Å². The maximum atomic E-state index is 12.4. The van der Waals surface area contributed by atoms with Gasteiger partial charge in [-0.3, -0.25) is 9.69 Å². The van der Waals surface area contributed by atoms with Crippen LogP contribution in [0.2, 0.25) is 0 Å². The number of likely N-dealkylation sites (tertiary alicyclic amines) is 1. The highest BCUT2D eigenvalue weighted by atomic mass is 32.2. The van der Waals surface area contributed by atoms with Crippen molar-refractivity contribution >= 4 is 15.9 Å². The van der Waals surface area contributed by atoms with Crippen molar-refractivity contribution < 1.29 is 13.2 Å². The molecule has 1 aliphatic rings. The second-order valence-electron chi connectivity index (χ2n) is 6.36. The molecule has 0 aromatic heterocycles. The highest BCUT2D eigenvalue weighted by Crippen LogP contribution is 2.18. The van der Waals surface area contributed by atoms with Gasteiger partial charge in [-0.2, -0.15) is 0 Å². The van der Waals surface area contributed by atoms with E-state index in [1.807, 2.05) is 0 Å². The minimum absolute atomic E-state index is 0.0612. The summed E-state index contributed by atoms with van der Waals surface area (Å²) >= 11 is 0. The third-order valence-corrected chi connectivity index (χ3v) is 6.19. The van der Waals surface area contributed by atoms with Crippen molar-refractivity contribution in [1.82, 2.24) is 14.5 Å². The largest absolute Gasteiger partial charge is 0.351 e. The van der Waals surface area contributed by atoms with E-state index in [9.17, 15) is 13.2 Å². The normalized spacial score (nSPS) is 16.8. The summed E-state index contributed by atoms with van der Waals surface area (Å²) < 4.78 is 25.9. The molecule has 0 unspecified atom stereocenters. The number of carbonyl (C=O) groups excluding carboxylic acids is 1. The molecule has 1 aromatic carbocycles. The summed E-state index contributed by atoms with van der Waals surface area (Å²) in [4.78, 5) is 14.6. The SMILES string of the molecule is CN(C)S(=O)(=O)c1ccccc1CNC(=O)CN1CCCCCC1. The van der Waals surface area contributed by atoms with Gasteiger partial charge in [-0.25, -0.2) is 12.7 Å². The predicted molar refractivity (Wildman–Crippen MR) is 94.1 cm³/mol. The van der Waals surface area contributed by atoms with Crippen molar-refractivity contribution in [3.63, 3.8) is 0 Å². The minimum atomic E-state index is -3.52. The third kappa shape index (κ3) is 5.03. The number of benzene rings is 1. The molecule has 0 bridgehead atoms. The van der Waals surface area contributed by atoms with Gasteiger partial charge in [0.05, 0.1) is 11.4 Å². The first-order valence-corrected chi connectivity index (χ1v) is 9.85. The number of hydrogen-bond donors (Lipinski definition) is 1. The minimum Gasteiger partial charge on any atom is -0.351 e. The Bertz CT molecular complexity index is 651. The van der Waals surface area contributed by atoms with Gasteiger partial charge in [-0.1, -0.05) is 31.0 Å². The molecule has 1 saturated heterocycles. The average molecular weight is 353 g/mol. The summed E-state index contributed by atoms with van der Waals surface area (Å²) in [5, 5.41) is 2.85. The first kappa shape index (κ1) is 18.9. The van der Waals surface area contributed by atoms with Crippen molar-refractivity contribution in [2.45, 2.75) is 37.1 Å². The molecule has 0 atom stereocenters. The maximum Gasteiger partial charge on any atom is 0.242 e. The highest BCUT2D eigenvalue weighted by Gasteiger charge is 2.21. The Morgan fingerprint density at radius 3 is 2.38 bits per heavy atom. The first-order chi connectivity index (χ1) is 11.4. The average Bonchev–Trinajstić information content (AvgIpc) is 2.81. The van der Waals surface area contributed by atoms with Crippen LogP contribution in [-0.4, -0.2) is 57.3 Å². The quantitative estimate of drug-likeness (QED) is 0.840. The molecule has 1 aliphatic heterocycles. The van der Waals surface area contributed by atoms with Gasteiger partial charge in [0, 0.05) is 20.6 Å². The Kier molecular flexibility index (Phi) is 6.77. The van der Waals surface area contributed by atoms with Gasteiger partial charge in [-0.15, -0.1) is 0 Å². The molecular formula is C17H27N3O3S. The van der Waals surface area contributed by atoms with E-state index in [0.717, 1.165) is 25.9 Å². The van der Waals surface area contributed by atoms with E-state index in [4.69, 9.17) is 0 Å². The zero-order valence-corrected chi connectivity index (χ0v) is 15.3. The Morgan fingerprint density at radius 1 is 1.12 bits per heavy atom. The molecule has 1 amide bonds. The van der Waals surface area contributed by atoms with Crippen LogP contribution in [0.4, 0.5) is 0 Å². The van der Waals surface area contributed by atoms with Crippen LogP contribution in [0.25, 0.3) is 0 Å². The number of rotatable bonds is 6. The van der Waals surface area contributed by atoms with Gasteiger partial charge in [0.1, 0.15) is 0 Å². The van der Waals surface area contributed by atoms with Gasteiger partial charge in [0.15, 0.2) is 0 Å². The van der Waals surface area contributed by atoms with E-state index in [1.54, 1.807) is 24.3 Å². The number of carbonyl (C=O) groups is 1. The zero-order valence-electron chi connectivity index (χ0n) is 14.5. The van der Waals surface area contributed by atoms with E-state index in [1.165, 1.54) is 31.2 Å². The fraction of sp³-hybridized carbons (Fsp3) is 0.588. The second-order valence-corrected chi connectivity index (χ2v) is 8.48. The van der Waals surface area contributed by atoms with Crippen molar-refractivity contribution in [2.24, 2.45) is 0 Å². The molecule has 0 saturated carbocycles. The molecule has 0 radical (unpaired) electrons. The zero-order chi connectivity index (χ0) is 17.6. The molecule has 1 N–H and O–H groups in total. The Labute approximate surface area is 144 Å². The standard InChI is InChI=1S/C17H27N3O3S/c1-19(2)24(22,23)16-10-6-5-9-15(16)13-18-17(21)14-20-11-7-3-4-8-12-20/h5-6,9-10H,3-4,7-8,11-14H2,1-2H3,(H,18,21). The number of nitrogens with one attached hydrogen (secondary N) is 1. The molecular weight excluding hydrogens is 326 g/mol. The van der Waals surface area contributed by atoms with Crippen LogP contribution in [0.3, 0.4) is 0 Å². The van der Waals surface area contributed by atoms with Gasteiger partial charge in [0.2, 0.25) is 15.9 Å². The lowest BCUT2D eigenvalue weighted by atomic mass is 10.2. The predicted octanol–water partition coefficient (Wildman–Crippen LogP) is 1.43. The molecule has 1 aromatic rings. The first-order valence-electron chi connectivity index (χ1n) is 8.41. The number of amides is 1.